The maximum atomic E-state index is 12.2. The Balaban J connectivity index is 2.18. The van der Waals surface area contributed by atoms with Crippen molar-refractivity contribution in [1.29, 1.82) is 0 Å². The second kappa shape index (κ2) is 6.67. The average molecular weight is 356 g/mol. The van der Waals surface area contributed by atoms with Gasteiger partial charge in [-0.3, -0.25) is 0 Å². The van der Waals surface area contributed by atoms with E-state index in [1.807, 2.05) is 0 Å². The Hall–Kier alpha value is -1.94. The van der Waals surface area contributed by atoms with Gasteiger partial charge in [-0.1, -0.05) is 18.2 Å². The number of sulfonamides is 2. The number of ether oxygens (including phenoxy) is 1. The highest BCUT2D eigenvalue weighted by Gasteiger charge is 2.17. The summed E-state index contributed by atoms with van der Waals surface area (Å²) < 4.78 is 54.5. The molecule has 0 radical (unpaired) electrons. The molecule has 0 saturated heterocycles. The molecule has 2 rings (SSSR count). The van der Waals surface area contributed by atoms with Gasteiger partial charge in [-0.2, -0.15) is 0 Å². The van der Waals surface area contributed by atoms with E-state index < -0.39 is 20.0 Å². The summed E-state index contributed by atoms with van der Waals surface area (Å²) in [6.45, 7) is 0.0614. The molecule has 0 saturated carbocycles. The summed E-state index contributed by atoms with van der Waals surface area (Å²) >= 11 is 0. The van der Waals surface area contributed by atoms with Crippen LogP contribution in [0.15, 0.2) is 58.3 Å². The second-order valence-corrected chi connectivity index (χ2v) is 8.02. The van der Waals surface area contributed by atoms with E-state index >= 15 is 0 Å². The normalized spacial score (nSPS) is 12.1. The predicted octanol–water partition coefficient (Wildman–Crippen LogP) is 0.821. The molecule has 23 heavy (non-hydrogen) atoms. The Morgan fingerprint density at radius 2 is 1.61 bits per heavy atom. The zero-order valence-corrected chi connectivity index (χ0v) is 13.9. The summed E-state index contributed by atoms with van der Waals surface area (Å²) in [6.07, 6.45) is 0. The molecule has 0 unspecified atom stereocenters. The molecule has 0 heterocycles. The monoisotopic (exact) mass is 356 g/mol. The van der Waals surface area contributed by atoms with Gasteiger partial charge in [-0.05, 0) is 35.9 Å². The average Bonchev–Trinajstić information content (AvgIpc) is 2.53. The molecule has 2 aromatic rings. The van der Waals surface area contributed by atoms with Gasteiger partial charge in [0.25, 0.3) is 0 Å². The van der Waals surface area contributed by atoms with Crippen LogP contribution in [0.3, 0.4) is 0 Å². The first kappa shape index (κ1) is 17.4. The SMILES string of the molecule is COc1ccc(CNS(=O)(=O)c2cccc(S(N)(=O)=O)c2)cc1. The van der Waals surface area contributed by atoms with E-state index in [1.165, 1.54) is 25.3 Å². The zero-order chi connectivity index (χ0) is 17.1. The van der Waals surface area contributed by atoms with Gasteiger partial charge < -0.3 is 4.74 Å². The number of primary sulfonamides is 1. The summed E-state index contributed by atoms with van der Waals surface area (Å²) in [7, 11) is -6.29. The third-order valence-corrected chi connectivity index (χ3v) is 5.38. The van der Waals surface area contributed by atoms with Crippen LogP contribution >= 0.6 is 0 Å². The summed E-state index contributed by atoms with van der Waals surface area (Å²) in [4.78, 5) is -0.428. The van der Waals surface area contributed by atoms with E-state index in [2.05, 4.69) is 4.72 Å². The lowest BCUT2D eigenvalue weighted by Crippen LogP contribution is -2.23. The Labute approximate surface area is 135 Å². The lowest BCUT2D eigenvalue weighted by Gasteiger charge is -2.08. The molecule has 0 aliphatic rings. The van der Waals surface area contributed by atoms with Crippen LogP contribution in [-0.2, 0) is 26.6 Å². The van der Waals surface area contributed by atoms with Crippen molar-refractivity contribution in [3.8, 4) is 5.75 Å². The Bertz CT molecular complexity index is 891. The number of nitrogens with two attached hydrogens (primary N) is 1. The van der Waals surface area contributed by atoms with Gasteiger partial charge in [0.15, 0.2) is 0 Å². The van der Waals surface area contributed by atoms with Crippen molar-refractivity contribution < 1.29 is 21.6 Å². The molecule has 2 aromatic carbocycles. The van der Waals surface area contributed by atoms with Crippen molar-refractivity contribution in [3.05, 3.63) is 54.1 Å². The smallest absolute Gasteiger partial charge is 0.240 e. The number of rotatable bonds is 6. The lowest BCUT2D eigenvalue weighted by molar-refractivity contribution is 0.414. The van der Waals surface area contributed by atoms with Crippen LogP contribution < -0.4 is 14.6 Å². The molecular formula is C14H16N2O5S2. The van der Waals surface area contributed by atoms with E-state index in [4.69, 9.17) is 9.88 Å². The topological polar surface area (TPSA) is 116 Å². The standard InChI is InChI=1S/C14H16N2O5S2/c1-21-12-7-5-11(6-8-12)10-16-23(19,20)14-4-2-3-13(9-14)22(15,17)18/h2-9,16H,10H2,1H3,(H2,15,17,18). The minimum Gasteiger partial charge on any atom is -0.497 e. The summed E-state index contributed by atoms with van der Waals surface area (Å²) in [5, 5.41) is 5.01. The van der Waals surface area contributed by atoms with Crippen LogP contribution in [0.1, 0.15) is 5.56 Å². The number of methoxy groups -OCH3 is 1. The van der Waals surface area contributed by atoms with Gasteiger partial charge >= 0.3 is 0 Å². The molecule has 0 bridgehead atoms. The first-order chi connectivity index (χ1) is 10.7. The highest BCUT2D eigenvalue weighted by Crippen LogP contribution is 2.16. The van der Waals surface area contributed by atoms with E-state index in [9.17, 15) is 16.8 Å². The largest absolute Gasteiger partial charge is 0.497 e. The highest BCUT2D eigenvalue weighted by molar-refractivity contribution is 7.90. The van der Waals surface area contributed by atoms with Gasteiger partial charge in [0.1, 0.15) is 5.75 Å². The van der Waals surface area contributed by atoms with Crippen molar-refractivity contribution in [3.63, 3.8) is 0 Å². The quantitative estimate of drug-likeness (QED) is 0.795. The van der Waals surface area contributed by atoms with Crippen LogP contribution in [0.4, 0.5) is 0 Å². The highest BCUT2D eigenvalue weighted by atomic mass is 32.2. The van der Waals surface area contributed by atoms with Gasteiger partial charge in [-0.25, -0.2) is 26.7 Å². The first-order valence-electron chi connectivity index (χ1n) is 6.48. The molecule has 0 fully saturated rings. The molecule has 0 aliphatic heterocycles. The van der Waals surface area contributed by atoms with Gasteiger partial charge in [0, 0.05) is 6.54 Å². The van der Waals surface area contributed by atoms with E-state index in [0.29, 0.717) is 5.75 Å². The van der Waals surface area contributed by atoms with Crippen molar-refractivity contribution in [2.75, 3.05) is 7.11 Å². The van der Waals surface area contributed by atoms with Gasteiger partial charge in [0.05, 0.1) is 16.9 Å². The van der Waals surface area contributed by atoms with E-state index in [0.717, 1.165) is 11.6 Å². The summed E-state index contributed by atoms with van der Waals surface area (Å²) in [5.41, 5.74) is 0.733. The minimum absolute atomic E-state index is 0.0614. The van der Waals surface area contributed by atoms with E-state index in [1.54, 1.807) is 24.3 Å². The summed E-state index contributed by atoms with van der Waals surface area (Å²) in [5.74, 6) is 0.664. The van der Waals surface area contributed by atoms with Crippen molar-refractivity contribution >= 4 is 20.0 Å². The van der Waals surface area contributed by atoms with Crippen molar-refractivity contribution in [2.45, 2.75) is 16.3 Å². The Morgan fingerprint density at radius 3 is 2.17 bits per heavy atom. The van der Waals surface area contributed by atoms with Gasteiger partial charge in [0.2, 0.25) is 20.0 Å². The Morgan fingerprint density at radius 1 is 1.00 bits per heavy atom. The van der Waals surface area contributed by atoms with Crippen LogP contribution in [0.2, 0.25) is 0 Å². The zero-order valence-electron chi connectivity index (χ0n) is 12.3. The molecule has 0 aliphatic carbocycles. The predicted molar refractivity (Wildman–Crippen MR) is 84.8 cm³/mol. The van der Waals surface area contributed by atoms with Crippen LogP contribution in [0, 0.1) is 0 Å². The molecule has 0 aromatic heterocycles. The Kier molecular flexibility index (Phi) is 5.05. The number of hydrogen-bond donors (Lipinski definition) is 2. The minimum atomic E-state index is -3.97. The maximum Gasteiger partial charge on any atom is 0.240 e. The third kappa shape index (κ3) is 4.52. The molecule has 3 N–H and O–H groups in total. The van der Waals surface area contributed by atoms with Crippen molar-refractivity contribution in [2.24, 2.45) is 5.14 Å². The first-order valence-corrected chi connectivity index (χ1v) is 9.51. The fraction of sp³-hybridized carbons (Fsp3) is 0.143. The molecule has 7 nitrogen and oxygen atoms in total. The number of benzene rings is 2. The number of nitrogens with one attached hydrogen (secondary N) is 1. The second-order valence-electron chi connectivity index (χ2n) is 4.69. The third-order valence-electron chi connectivity index (χ3n) is 3.07. The number of hydrogen-bond acceptors (Lipinski definition) is 5. The molecule has 0 spiro atoms. The summed E-state index contributed by atoms with van der Waals surface area (Å²) in [6, 6.07) is 11.7. The molecule has 9 heteroatoms. The molecule has 124 valence electrons. The van der Waals surface area contributed by atoms with Crippen LogP contribution in [-0.4, -0.2) is 23.9 Å². The molecule has 0 amide bonds. The fourth-order valence-corrected chi connectivity index (χ4v) is 3.52. The van der Waals surface area contributed by atoms with Crippen LogP contribution in [0.25, 0.3) is 0 Å². The lowest BCUT2D eigenvalue weighted by atomic mass is 10.2. The van der Waals surface area contributed by atoms with E-state index in [-0.39, 0.29) is 16.3 Å². The van der Waals surface area contributed by atoms with Crippen molar-refractivity contribution in [1.82, 2.24) is 4.72 Å². The molecular weight excluding hydrogens is 340 g/mol. The van der Waals surface area contributed by atoms with Crippen LogP contribution in [0.5, 0.6) is 5.75 Å². The molecule has 0 atom stereocenters. The maximum absolute atomic E-state index is 12.2. The fourth-order valence-electron chi connectivity index (χ4n) is 1.82. The van der Waals surface area contributed by atoms with Gasteiger partial charge in [-0.15, -0.1) is 0 Å².